The van der Waals surface area contributed by atoms with Crippen LogP contribution in [0.5, 0.6) is 11.5 Å². The first kappa shape index (κ1) is 26.8. The molecule has 4 aromatic rings. The quantitative estimate of drug-likeness (QED) is 0.181. The van der Waals surface area contributed by atoms with Gasteiger partial charge in [0.25, 0.3) is 5.56 Å². The van der Waals surface area contributed by atoms with Gasteiger partial charge in [0.2, 0.25) is 5.82 Å². The number of halogens is 5. The molecule has 0 aliphatic carbocycles. The van der Waals surface area contributed by atoms with E-state index in [1.54, 1.807) is 30.3 Å². The van der Waals surface area contributed by atoms with Gasteiger partial charge in [-0.15, -0.1) is 10.2 Å². The predicted molar refractivity (Wildman–Crippen MR) is 128 cm³/mol. The fourth-order valence-corrected chi connectivity index (χ4v) is 3.77. The Kier molecular flexibility index (Phi) is 8.34. The maximum Gasteiger partial charge on any atom is 0.389 e. The lowest BCUT2D eigenvalue weighted by atomic mass is 9.98. The fraction of sp³-hybridized carbons (Fsp3) is 0.280. The molecule has 2 aromatic heterocycles. The average Bonchev–Trinajstić information content (AvgIpc) is 3.40. The summed E-state index contributed by atoms with van der Waals surface area (Å²) < 4.78 is 71.7. The van der Waals surface area contributed by atoms with Gasteiger partial charge in [0.15, 0.2) is 0 Å². The number of hydrogen-bond acceptors (Lipinski definition) is 6. The van der Waals surface area contributed by atoms with Gasteiger partial charge in [-0.2, -0.15) is 27.2 Å². The van der Waals surface area contributed by atoms with E-state index in [9.17, 15) is 26.7 Å². The molecule has 8 nitrogen and oxygen atoms in total. The van der Waals surface area contributed by atoms with Gasteiger partial charge in [0.1, 0.15) is 11.5 Å². The van der Waals surface area contributed by atoms with E-state index in [0.29, 0.717) is 41.0 Å². The molecule has 0 aliphatic heterocycles. The maximum atomic E-state index is 13.1. The number of alkyl halides is 5. The van der Waals surface area contributed by atoms with Crippen LogP contribution in [0.4, 0.5) is 22.0 Å². The van der Waals surface area contributed by atoms with Crippen molar-refractivity contribution in [2.24, 2.45) is 0 Å². The van der Waals surface area contributed by atoms with Gasteiger partial charge < -0.3 is 14.5 Å². The van der Waals surface area contributed by atoms with Gasteiger partial charge in [-0.3, -0.25) is 4.79 Å². The van der Waals surface area contributed by atoms with Gasteiger partial charge in [-0.1, -0.05) is 12.1 Å². The van der Waals surface area contributed by atoms with Crippen LogP contribution in [0.3, 0.4) is 0 Å². The molecule has 0 amide bonds. The lowest BCUT2D eigenvalue weighted by Crippen LogP contribution is -2.12. The number of ether oxygens (including phenoxy) is 2. The molecule has 0 unspecified atom stereocenters. The van der Waals surface area contributed by atoms with E-state index in [1.165, 1.54) is 24.3 Å². The van der Waals surface area contributed by atoms with Gasteiger partial charge >= 0.3 is 12.8 Å². The molecule has 4 rings (SSSR count). The summed E-state index contributed by atoms with van der Waals surface area (Å²) in [7, 11) is 0. The molecule has 2 N–H and O–H groups in total. The third kappa shape index (κ3) is 7.14. The van der Waals surface area contributed by atoms with Crippen LogP contribution in [0, 0.1) is 0 Å². The third-order valence-corrected chi connectivity index (χ3v) is 5.53. The number of nitrogens with one attached hydrogen (secondary N) is 2. The summed E-state index contributed by atoms with van der Waals surface area (Å²) >= 11 is 0. The van der Waals surface area contributed by atoms with E-state index in [-0.39, 0.29) is 30.2 Å². The first-order valence-electron chi connectivity index (χ1n) is 11.6. The number of hydrogen-bond donors (Lipinski definition) is 2. The van der Waals surface area contributed by atoms with Gasteiger partial charge in [-0.25, -0.2) is 0 Å². The van der Waals surface area contributed by atoms with Crippen molar-refractivity contribution in [3.63, 3.8) is 0 Å². The Morgan fingerprint density at radius 3 is 2.21 bits per heavy atom. The minimum Gasteiger partial charge on any atom is -0.494 e. The highest BCUT2D eigenvalue weighted by atomic mass is 19.4. The number of unbranched alkanes of at least 4 members (excludes halogenated alkanes) is 2. The monoisotopic (exact) mass is 535 g/mol. The molecule has 0 bridgehead atoms. The van der Waals surface area contributed by atoms with Crippen molar-refractivity contribution < 1.29 is 31.4 Å². The van der Waals surface area contributed by atoms with Crippen LogP contribution in [-0.4, -0.2) is 45.0 Å². The van der Waals surface area contributed by atoms with Crippen molar-refractivity contribution in [1.82, 2.24) is 25.6 Å². The van der Waals surface area contributed by atoms with Crippen molar-refractivity contribution in [3.8, 4) is 45.3 Å². The van der Waals surface area contributed by atoms with Crippen LogP contribution in [-0.2, 0) is 0 Å². The van der Waals surface area contributed by atoms with E-state index >= 15 is 0 Å². The SMILES string of the molecule is O=c1[nH]c(-c2ccc(OCCCCCC(F)(F)F)cc2)cc(-c2ccc(OC(F)F)cc2)c1-c1nn[nH]n1. The minimum atomic E-state index is -4.15. The van der Waals surface area contributed by atoms with Crippen LogP contribution in [0.2, 0.25) is 0 Å². The molecule has 0 atom stereocenters. The van der Waals surface area contributed by atoms with Crippen LogP contribution in [0.15, 0.2) is 59.4 Å². The zero-order valence-corrected chi connectivity index (χ0v) is 19.8. The Labute approximate surface area is 212 Å². The molecule has 0 saturated carbocycles. The molecule has 0 fully saturated rings. The number of H-pyrrole nitrogens is 2. The summed E-state index contributed by atoms with van der Waals surface area (Å²) in [4.78, 5) is 15.9. The van der Waals surface area contributed by atoms with E-state index in [1.807, 2.05) is 0 Å². The molecule has 200 valence electrons. The molecular weight excluding hydrogens is 513 g/mol. The Hall–Kier alpha value is -4.29. The molecule has 0 aliphatic rings. The first-order chi connectivity index (χ1) is 18.2. The lowest BCUT2D eigenvalue weighted by molar-refractivity contribution is -0.135. The molecule has 13 heteroatoms. The summed E-state index contributed by atoms with van der Waals surface area (Å²) in [6.07, 6.45) is -3.99. The van der Waals surface area contributed by atoms with E-state index in [0.717, 1.165) is 0 Å². The Balaban J connectivity index is 1.53. The second-order valence-corrected chi connectivity index (χ2v) is 8.24. The Morgan fingerprint density at radius 2 is 1.58 bits per heavy atom. The number of rotatable bonds is 11. The fourth-order valence-electron chi connectivity index (χ4n) is 3.77. The van der Waals surface area contributed by atoms with Crippen molar-refractivity contribution in [1.29, 1.82) is 0 Å². The van der Waals surface area contributed by atoms with E-state index in [2.05, 4.69) is 30.3 Å². The minimum absolute atomic E-state index is 0.0362. The summed E-state index contributed by atoms with van der Waals surface area (Å²) in [6, 6.07) is 14.3. The van der Waals surface area contributed by atoms with Crippen molar-refractivity contribution in [2.75, 3.05) is 6.61 Å². The number of tetrazole rings is 1. The van der Waals surface area contributed by atoms with Gasteiger partial charge in [-0.05, 0) is 78.1 Å². The maximum absolute atomic E-state index is 13.1. The van der Waals surface area contributed by atoms with Crippen molar-refractivity contribution in [3.05, 3.63) is 65.0 Å². The summed E-state index contributed by atoms with van der Waals surface area (Å²) in [6.45, 7) is -2.69. The predicted octanol–water partition coefficient (Wildman–Crippen LogP) is 5.99. The van der Waals surface area contributed by atoms with Crippen LogP contribution >= 0.6 is 0 Å². The summed E-state index contributed by atoms with van der Waals surface area (Å²) in [5.74, 6) is 0.552. The summed E-state index contributed by atoms with van der Waals surface area (Å²) in [5.41, 5.74) is 1.72. The second-order valence-electron chi connectivity index (χ2n) is 8.24. The highest BCUT2D eigenvalue weighted by molar-refractivity contribution is 5.83. The van der Waals surface area contributed by atoms with Crippen molar-refractivity contribution >= 4 is 0 Å². The lowest BCUT2D eigenvalue weighted by Gasteiger charge is -2.12. The Morgan fingerprint density at radius 1 is 0.895 bits per heavy atom. The highest BCUT2D eigenvalue weighted by Crippen LogP contribution is 2.32. The molecule has 2 aromatic carbocycles. The molecule has 38 heavy (non-hydrogen) atoms. The highest BCUT2D eigenvalue weighted by Gasteiger charge is 2.25. The topological polar surface area (TPSA) is 106 Å². The standard InChI is InChI=1S/C25H22F5N5O3/c26-24(27)38-18-10-4-15(5-11-18)19-14-20(31-23(36)21(19)22-32-34-35-33-22)16-6-8-17(9-7-16)37-13-3-1-2-12-25(28,29)30/h4-11,14,24H,1-3,12-13H2,(H,31,36)(H,32,33,34,35). The van der Waals surface area contributed by atoms with Crippen LogP contribution < -0.4 is 15.0 Å². The second kappa shape index (κ2) is 11.8. The molecule has 0 radical (unpaired) electrons. The first-order valence-corrected chi connectivity index (χ1v) is 11.6. The van der Waals surface area contributed by atoms with E-state index < -0.39 is 24.8 Å². The van der Waals surface area contributed by atoms with Crippen LogP contribution in [0.25, 0.3) is 33.8 Å². The molecule has 0 spiro atoms. The largest absolute Gasteiger partial charge is 0.494 e. The number of pyridine rings is 1. The zero-order valence-electron chi connectivity index (χ0n) is 19.8. The third-order valence-electron chi connectivity index (χ3n) is 5.53. The smallest absolute Gasteiger partial charge is 0.389 e. The zero-order chi connectivity index (χ0) is 27.1. The molecular formula is C25H22F5N5O3. The number of aromatic nitrogens is 5. The molecule has 2 heterocycles. The average molecular weight is 535 g/mol. The van der Waals surface area contributed by atoms with Crippen molar-refractivity contribution in [2.45, 2.75) is 38.5 Å². The molecule has 0 saturated heterocycles. The van der Waals surface area contributed by atoms with E-state index in [4.69, 9.17) is 4.74 Å². The number of aromatic amines is 2. The van der Waals surface area contributed by atoms with Crippen LogP contribution in [0.1, 0.15) is 25.7 Å². The normalized spacial score (nSPS) is 11.6. The summed E-state index contributed by atoms with van der Waals surface area (Å²) in [5, 5.41) is 13.6. The number of benzene rings is 2. The van der Waals surface area contributed by atoms with Gasteiger partial charge in [0, 0.05) is 17.7 Å². The number of nitrogens with zero attached hydrogens (tertiary/aromatic N) is 3. The Bertz CT molecular complexity index is 1370. The van der Waals surface area contributed by atoms with Gasteiger partial charge in [0.05, 0.1) is 12.2 Å².